The fraction of sp³-hybridized carbons (Fsp3) is 0.250. The zero-order valence-corrected chi connectivity index (χ0v) is 18.7. The van der Waals surface area contributed by atoms with Gasteiger partial charge in [-0.2, -0.15) is 0 Å². The molecule has 0 saturated heterocycles. The van der Waals surface area contributed by atoms with Crippen LogP contribution in [0, 0.1) is 0 Å². The molecule has 10 heteroatoms. The quantitative estimate of drug-likeness (QED) is 0.337. The third-order valence-electron chi connectivity index (χ3n) is 5.41. The molecule has 174 valence electrons. The number of nitrogens with zero attached hydrogens (tertiary/aromatic N) is 5. The second kappa shape index (κ2) is 9.75. The molecule has 5 rings (SSSR count). The van der Waals surface area contributed by atoms with E-state index in [0.717, 1.165) is 28.2 Å². The number of aromatic amines is 1. The lowest BCUT2D eigenvalue weighted by molar-refractivity contribution is 0.216. The van der Waals surface area contributed by atoms with Crippen molar-refractivity contribution in [3.8, 4) is 5.75 Å². The normalized spacial score (nSPS) is 11.5. The number of benzene rings is 1. The molecule has 1 N–H and O–H groups in total. The van der Waals surface area contributed by atoms with Gasteiger partial charge in [0.05, 0.1) is 32.2 Å². The molecule has 4 aromatic heterocycles. The minimum absolute atomic E-state index is 0.142. The average molecular weight is 460 g/mol. The molecular formula is C24H24N6O4. The van der Waals surface area contributed by atoms with E-state index in [4.69, 9.17) is 13.6 Å². The summed E-state index contributed by atoms with van der Waals surface area (Å²) in [5, 5.41) is 13.0. The van der Waals surface area contributed by atoms with Gasteiger partial charge >= 0.3 is 0 Å². The lowest BCUT2D eigenvalue weighted by Gasteiger charge is -2.20. The van der Waals surface area contributed by atoms with Crippen LogP contribution in [0.25, 0.3) is 10.9 Å². The second-order valence-corrected chi connectivity index (χ2v) is 7.86. The van der Waals surface area contributed by atoms with E-state index in [2.05, 4.69) is 25.4 Å². The van der Waals surface area contributed by atoms with Crippen LogP contribution in [-0.4, -0.2) is 36.7 Å². The Balaban J connectivity index is 1.43. The number of H-pyrrole nitrogens is 1. The van der Waals surface area contributed by atoms with Crippen LogP contribution in [0.2, 0.25) is 0 Å². The Morgan fingerprint density at radius 2 is 1.85 bits per heavy atom. The van der Waals surface area contributed by atoms with Crippen LogP contribution >= 0.6 is 0 Å². The molecule has 0 bridgehead atoms. The largest absolute Gasteiger partial charge is 0.494 e. The molecule has 0 fully saturated rings. The Kier molecular flexibility index (Phi) is 6.21. The zero-order valence-electron chi connectivity index (χ0n) is 18.7. The molecule has 0 saturated carbocycles. The van der Waals surface area contributed by atoms with Gasteiger partial charge in [-0.05, 0) is 65.9 Å². The van der Waals surface area contributed by atoms with E-state index in [-0.39, 0.29) is 5.56 Å². The lowest BCUT2D eigenvalue weighted by atomic mass is 10.1. The predicted molar refractivity (Wildman–Crippen MR) is 123 cm³/mol. The van der Waals surface area contributed by atoms with E-state index in [1.54, 1.807) is 17.2 Å². The van der Waals surface area contributed by atoms with Crippen molar-refractivity contribution in [3.05, 3.63) is 94.3 Å². The SMILES string of the molecule is CCOc1ccc2[nH]c(=O)c(CN(Cc3ccco3)Cc3nnnn3Cc3ccco3)cc2c1. The minimum atomic E-state index is -0.142. The van der Waals surface area contributed by atoms with E-state index in [9.17, 15) is 4.79 Å². The summed E-state index contributed by atoms with van der Waals surface area (Å²) in [6.45, 7) is 4.20. The first-order valence-corrected chi connectivity index (χ1v) is 11.0. The number of fused-ring (bicyclic) bond motifs is 1. The summed E-state index contributed by atoms with van der Waals surface area (Å²) < 4.78 is 18.3. The maximum Gasteiger partial charge on any atom is 0.252 e. The Bertz CT molecular complexity index is 1410. The van der Waals surface area contributed by atoms with Crippen LogP contribution in [0.1, 0.15) is 29.8 Å². The van der Waals surface area contributed by atoms with Crippen molar-refractivity contribution in [2.75, 3.05) is 6.61 Å². The van der Waals surface area contributed by atoms with Gasteiger partial charge in [0.25, 0.3) is 5.56 Å². The number of aromatic nitrogens is 5. The van der Waals surface area contributed by atoms with Crippen LogP contribution in [0.5, 0.6) is 5.75 Å². The monoisotopic (exact) mass is 460 g/mol. The molecule has 0 radical (unpaired) electrons. The molecule has 0 aliphatic heterocycles. The average Bonchev–Trinajstić information content (AvgIpc) is 3.60. The number of nitrogens with one attached hydrogen (secondary N) is 1. The van der Waals surface area contributed by atoms with Gasteiger partial charge in [-0.25, -0.2) is 4.68 Å². The first-order valence-electron chi connectivity index (χ1n) is 11.0. The van der Waals surface area contributed by atoms with Gasteiger partial charge in [0.15, 0.2) is 5.82 Å². The third kappa shape index (κ3) is 4.91. The van der Waals surface area contributed by atoms with Crippen LogP contribution in [0.4, 0.5) is 0 Å². The van der Waals surface area contributed by atoms with Crippen molar-refractivity contribution in [1.29, 1.82) is 0 Å². The van der Waals surface area contributed by atoms with Gasteiger partial charge in [0.2, 0.25) is 0 Å². The maximum atomic E-state index is 12.9. The Morgan fingerprint density at radius 3 is 2.62 bits per heavy atom. The summed E-state index contributed by atoms with van der Waals surface area (Å²) in [7, 11) is 0. The number of hydrogen-bond acceptors (Lipinski definition) is 8. The molecule has 0 aliphatic rings. The number of ether oxygens (including phenoxy) is 1. The smallest absolute Gasteiger partial charge is 0.252 e. The van der Waals surface area contributed by atoms with Crippen molar-refractivity contribution in [3.63, 3.8) is 0 Å². The minimum Gasteiger partial charge on any atom is -0.494 e. The molecule has 1 aromatic carbocycles. The molecule has 0 aliphatic carbocycles. The molecule has 0 unspecified atom stereocenters. The third-order valence-corrected chi connectivity index (χ3v) is 5.41. The number of rotatable bonds is 10. The second-order valence-electron chi connectivity index (χ2n) is 7.86. The Labute approximate surface area is 194 Å². The van der Waals surface area contributed by atoms with E-state index < -0.39 is 0 Å². The number of hydrogen-bond donors (Lipinski definition) is 1. The Hall–Kier alpha value is -4.18. The summed E-state index contributed by atoms with van der Waals surface area (Å²) in [5.74, 6) is 2.94. The van der Waals surface area contributed by atoms with E-state index in [1.807, 2.05) is 55.5 Å². The topological polar surface area (TPSA) is 115 Å². The van der Waals surface area contributed by atoms with Crippen LogP contribution in [0.3, 0.4) is 0 Å². The molecule has 4 heterocycles. The van der Waals surface area contributed by atoms with Crippen LogP contribution < -0.4 is 10.3 Å². The van der Waals surface area contributed by atoms with Crippen LogP contribution in [0.15, 0.2) is 74.7 Å². The van der Waals surface area contributed by atoms with Crippen molar-refractivity contribution in [2.24, 2.45) is 0 Å². The first-order chi connectivity index (χ1) is 16.7. The lowest BCUT2D eigenvalue weighted by Crippen LogP contribution is -2.28. The summed E-state index contributed by atoms with van der Waals surface area (Å²) in [6.07, 6.45) is 3.25. The zero-order chi connectivity index (χ0) is 23.3. The van der Waals surface area contributed by atoms with E-state index >= 15 is 0 Å². The van der Waals surface area contributed by atoms with Gasteiger partial charge in [0, 0.05) is 23.0 Å². The van der Waals surface area contributed by atoms with Crippen LogP contribution in [-0.2, 0) is 26.2 Å². The summed E-state index contributed by atoms with van der Waals surface area (Å²) >= 11 is 0. The summed E-state index contributed by atoms with van der Waals surface area (Å²) in [5.41, 5.74) is 1.24. The summed E-state index contributed by atoms with van der Waals surface area (Å²) in [4.78, 5) is 17.9. The molecule has 10 nitrogen and oxygen atoms in total. The van der Waals surface area contributed by atoms with Gasteiger partial charge in [-0.1, -0.05) is 0 Å². The molecule has 0 spiro atoms. The van der Waals surface area contributed by atoms with Crippen molar-refractivity contribution < 1.29 is 13.6 Å². The summed E-state index contributed by atoms with van der Waals surface area (Å²) in [6, 6.07) is 15.0. The van der Waals surface area contributed by atoms with Crippen molar-refractivity contribution in [1.82, 2.24) is 30.1 Å². The molecule has 0 amide bonds. The van der Waals surface area contributed by atoms with Gasteiger partial charge in [-0.15, -0.1) is 5.10 Å². The van der Waals surface area contributed by atoms with Crippen molar-refractivity contribution >= 4 is 10.9 Å². The van der Waals surface area contributed by atoms with E-state index in [1.165, 1.54) is 0 Å². The maximum absolute atomic E-state index is 12.9. The highest BCUT2D eigenvalue weighted by molar-refractivity contribution is 5.80. The van der Waals surface area contributed by atoms with Crippen molar-refractivity contribution in [2.45, 2.75) is 33.1 Å². The van der Waals surface area contributed by atoms with Gasteiger partial charge < -0.3 is 18.6 Å². The number of furan rings is 2. The molecular weight excluding hydrogens is 436 g/mol. The predicted octanol–water partition coefficient (Wildman–Crippen LogP) is 3.35. The highest BCUT2D eigenvalue weighted by Gasteiger charge is 2.17. The van der Waals surface area contributed by atoms with Gasteiger partial charge in [-0.3, -0.25) is 9.69 Å². The standard InChI is InChI=1S/C24H24N6O4/c1-2-32-19-7-8-22-17(12-19)11-18(24(31)25-22)13-29(14-20-5-3-9-33-20)16-23-26-27-28-30(23)15-21-6-4-10-34-21/h3-12H,2,13-16H2,1H3,(H,25,31). The fourth-order valence-corrected chi connectivity index (χ4v) is 3.84. The number of tetrazole rings is 1. The highest BCUT2D eigenvalue weighted by Crippen LogP contribution is 2.20. The highest BCUT2D eigenvalue weighted by atomic mass is 16.5. The van der Waals surface area contributed by atoms with E-state index in [0.29, 0.717) is 44.2 Å². The molecule has 0 atom stereocenters. The first kappa shape index (κ1) is 21.7. The van der Waals surface area contributed by atoms with Gasteiger partial charge in [0.1, 0.15) is 23.8 Å². The fourth-order valence-electron chi connectivity index (χ4n) is 3.84. The molecule has 5 aromatic rings. The number of pyridine rings is 1. The molecule has 34 heavy (non-hydrogen) atoms. The Morgan fingerprint density at radius 1 is 1.03 bits per heavy atom.